The molecule has 0 spiro atoms. The topological polar surface area (TPSA) is 24.7 Å². The van der Waals surface area contributed by atoms with Crippen LogP contribution in [0.4, 0.5) is 0 Å². The number of fused-ring (bicyclic) bond motifs is 5. The first kappa shape index (κ1) is 14.4. The molecule has 0 radical (unpaired) electrons. The van der Waals surface area contributed by atoms with Gasteiger partial charge in [-0.25, -0.2) is 0 Å². The van der Waals surface area contributed by atoms with Crippen molar-refractivity contribution < 1.29 is 0 Å². The predicted molar refractivity (Wildman–Crippen MR) is 96.1 cm³/mol. The Morgan fingerprint density at radius 1 is 0.875 bits per heavy atom. The van der Waals surface area contributed by atoms with E-state index in [4.69, 9.17) is 21.8 Å². The molecule has 0 saturated heterocycles. The second kappa shape index (κ2) is 4.58. The number of rotatable bonds is 2. The van der Waals surface area contributed by atoms with E-state index < -0.39 is 16.0 Å². The molecular formula is C21H19ClN2. The lowest BCUT2D eigenvalue weighted by atomic mass is 9.72. The third-order valence-corrected chi connectivity index (χ3v) is 6.99. The van der Waals surface area contributed by atoms with Crippen LogP contribution in [0.1, 0.15) is 24.5 Å². The molecule has 1 fully saturated rings. The van der Waals surface area contributed by atoms with Gasteiger partial charge in [-0.1, -0.05) is 72.8 Å². The first-order valence-electron chi connectivity index (χ1n) is 8.55. The Hall–Kier alpha value is -1.93. The highest BCUT2D eigenvalue weighted by atomic mass is 35.5. The molecule has 2 aromatic carbocycles. The first-order valence-corrected chi connectivity index (χ1v) is 8.93. The van der Waals surface area contributed by atoms with Crippen LogP contribution in [0.15, 0.2) is 83.0 Å². The van der Waals surface area contributed by atoms with Crippen LogP contribution in [0.5, 0.6) is 0 Å². The highest BCUT2D eigenvalue weighted by molar-refractivity contribution is 6.26. The van der Waals surface area contributed by atoms with Crippen molar-refractivity contribution in [2.45, 2.75) is 29.3 Å². The van der Waals surface area contributed by atoms with Gasteiger partial charge in [-0.15, -0.1) is 11.6 Å². The molecule has 5 rings (SSSR count). The zero-order valence-electron chi connectivity index (χ0n) is 13.6. The van der Waals surface area contributed by atoms with E-state index >= 15 is 0 Å². The zero-order valence-corrected chi connectivity index (χ0v) is 14.3. The number of hydrogen-bond acceptors (Lipinski definition) is 2. The summed E-state index contributed by atoms with van der Waals surface area (Å²) in [5.74, 6) is 0.653. The fourth-order valence-electron chi connectivity index (χ4n) is 5.40. The van der Waals surface area contributed by atoms with Crippen molar-refractivity contribution in [3.8, 4) is 0 Å². The lowest BCUT2D eigenvalue weighted by Gasteiger charge is -2.39. The van der Waals surface area contributed by atoms with Gasteiger partial charge in [-0.3, -0.25) is 0 Å². The first-order chi connectivity index (χ1) is 11.6. The maximum Gasteiger partial charge on any atom is 0.135 e. The summed E-state index contributed by atoms with van der Waals surface area (Å²) in [5, 5.41) is 9.79. The Morgan fingerprint density at radius 3 is 2.04 bits per heavy atom. The summed E-state index contributed by atoms with van der Waals surface area (Å²) < 4.78 is 0. The van der Waals surface area contributed by atoms with Gasteiger partial charge in [0.25, 0.3) is 0 Å². The molecule has 2 bridgehead atoms. The van der Waals surface area contributed by atoms with Crippen LogP contribution in [-0.4, -0.2) is 4.87 Å². The maximum absolute atomic E-state index is 7.39. The van der Waals surface area contributed by atoms with E-state index in [-0.39, 0.29) is 0 Å². The van der Waals surface area contributed by atoms with E-state index in [9.17, 15) is 0 Å². The quantitative estimate of drug-likeness (QED) is 0.515. The number of azo groups is 1. The normalized spacial score (nSPS) is 41.8. The van der Waals surface area contributed by atoms with E-state index in [1.165, 1.54) is 11.1 Å². The van der Waals surface area contributed by atoms with Gasteiger partial charge >= 0.3 is 0 Å². The van der Waals surface area contributed by atoms with E-state index in [1.807, 2.05) is 12.1 Å². The van der Waals surface area contributed by atoms with Crippen LogP contribution in [-0.2, 0) is 11.1 Å². The minimum Gasteiger partial charge on any atom is -0.179 e. The molecule has 0 amide bonds. The fourth-order valence-corrected chi connectivity index (χ4v) is 5.96. The minimum atomic E-state index is -0.594. The van der Waals surface area contributed by atoms with Crippen LogP contribution in [0.2, 0.25) is 0 Å². The fraction of sp³-hybridized carbons (Fsp3) is 0.333. The Kier molecular flexibility index (Phi) is 2.75. The van der Waals surface area contributed by atoms with Gasteiger partial charge in [0.2, 0.25) is 0 Å². The summed E-state index contributed by atoms with van der Waals surface area (Å²) >= 11 is 7.39. The second-order valence-electron chi connectivity index (χ2n) is 7.26. The van der Waals surface area contributed by atoms with Gasteiger partial charge in [0.05, 0.1) is 0 Å². The maximum atomic E-state index is 7.39. The summed E-state index contributed by atoms with van der Waals surface area (Å²) in [6, 6.07) is 21.0. The molecule has 3 heteroatoms. The van der Waals surface area contributed by atoms with Gasteiger partial charge in [-0.2, -0.15) is 10.2 Å². The van der Waals surface area contributed by atoms with Crippen molar-refractivity contribution in [2.75, 3.05) is 0 Å². The molecule has 1 aliphatic heterocycles. The number of benzene rings is 2. The van der Waals surface area contributed by atoms with Crippen LogP contribution in [0, 0.1) is 11.8 Å². The van der Waals surface area contributed by atoms with Crippen molar-refractivity contribution in [2.24, 2.45) is 22.1 Å². The molecule has 3 aliphatic rings. The average molecular weight is 335 g/mol. The minimum absolute atomic E-state index is 0.292. The highest BCUT2D eigenvalue weighted by Crippen LogP contribution is 2.74. The second-order valence-corrected chi connectivity index (χ2v) is 8.02. The summed E-state index contributed by atoms with van der Waals surface area (Å²) in [6.07, 6.45) is 5.61. The largest absolute Gasteiger partial charge is 0.179 e. The zero-order chi connectivity index (χ0) is 16.4. The average Bonchev–Trinajstić information content (AvgIpc) is 3.24. The third-order valence-electron chi connectivity index (χ3n) is 6.41. The number of halogens is 1. The summed E-state index contributed by atoms with van der Waals surface area (Å²) in [6.45, 7) is 2.14. The van der Waals surface area contributed by atoms with Crippen molar-refractivity contribution in [3.05, 3.63) is 83.9 Å². The molecule has 0 unspecified atom stereocenters. The van der Waals surface area contributed by atoms with Crippen molar-refractivity contribution >= 4 is 11.6 Å². The number of hydrogen-bond donors (Lipinski definition) is 0. The SMILES string of the molecule is C[C@]1(Cl)[C@]2(c3ccccc3)N=N[C@@]1(c1ccccc1)[C@H]1CC=C[C@H]12. The summed E-state index contributed by atoms with van der Waals surface area (Å²) in [5.41, 5.74) is 1.38. The van der Waals surface area contributed by atoms with Crippen molar-refractivity contribution in [1.29, 1.82) is 0 Å². The Morgan fingerprint density at radius 2 is 1.42 bits per heavy atom. The lowest BCUT2D eigenvalue weighted by Crippen LogP contribution is -2.48. The van der Waals surface area contributed by atoms with E-state index in [2.05, 4.69) is 67.6 Å². The van der Waals surface area contributed by atoms with E-state index in [0.717, 1.165) is 6.42 Å². The van der Waals surface area contributed by atoms with Crippen molar-refractivity contribution in [3.63, 3.8) is 0 Å². The van der Waals surface area contributed by atoms with Crippen LogP contribution >= 0.6 is 11.6 Å². The molecular weight excluding hydrogens is 316 g/mol. The monoisotopic (exact) mass is 334 g/mol. The number of alkyl halides is 1. The molecule has 0 N–H and O–H groups in total. The predicted octanol–water partition coefficient (Wildman–Crippen LogP) is 5.45. The molecule has 5 atom stereocenters. The van der Waals surface area contributed by atoms with Gasteiger partial charge in [0, 0.05) is 11.8 Å². The van der Waals surface area contributed by atoms with E-state index in [1.54, 1.807) is 0 Å². The Labute approximate surface area is 147 Å². The number of nitrogens with zero attached hydrogens (tertiary/aromatic N) is 2. The molecule has 2 aromatic rings. The van der Waals surface area contributed by atoms with Crippen LogP contribution in [0.3, 0.4) is 0 Å². The van der Waals surface area contributed by atoms with E-state index in [0.29, 0.717) is 11.8 Å². The van der Waals surface area contributed by atoms with Crippen LogP contribution < -0.4 is 0 Å². The smallest absolute Gasteiger partial charge is 0.135 e. The summed E-state index contributed by atoms with van der Waals surface area (Å²) in [7, 11) is 0. The summed E-state index contributed by atoms with van der Waals surface area (Å²) in [4.78, 5) is -0.594. The third kappa shape index (κ3) is 1.37. The van der Waals surface area contributed by atoms with Gasteiger partial charge < -0.3 is 0 Å². The Balaban J connectivity index is 1.81. The van der Waals surface area contributed by atoms with Crippen LogP contribution in [0.25, 0.3) is 0 Å². The highest BCUT2D eigenvalue weighted by Gasteiger charge is 2.79. The van der Waals surface area contributed by atoms with Gasteiger partial charge in [0.1, 0.15) is 16.0 Å². The molecule has 2 aliphatic carbocycles. The molecule has 2 nitrogen and oxygen atoms in total. The molecule has 120 valence electrons. The van der Waals surface area contributed by atoms with Crippen molar-refractivity contribution in [1.82, 2.24) is 0 Å². The standard InChI is InChI=1S/C21H19ClN2/c1-19(22)20(15-9-4-2-5-10-15)17-13-8-14-18(17)21(19,24-23-20)16-11-6-3-7-12-16/h2-13,17-18H,14H2,1H3/t17-,18+,19+,20-,21+/m1/s1. The molecule has 1 heterocycles. The molecule has 24 heavy (non-hydrogen) atoms. The Bertz CT molecular complexity index is 843. The number of allylic oxidation sites excluding steroid dienone is 1. The van der Waals surface area contributed by atoms with Gasteiger partial charge in [-0.05, 0) is 24.5 Å². The lowest BCUT2D eigenvalue weighted by molar-refractivity contribution is 0.256. The molecule has 1 saturated carbocycles. The van der Waals surface area contributed by atoms with Gasteiger partial charge in [0.15, 0.2) is 0 Å². The molecule has 0 aromatic heterocycles.